The van der Waals surface area contributed by atoms with Gasteiger partial charge in [-0.05, 0) is 43.9 Å². The van der Waals surface area contributed by atoms with Crippen LogP contribution in [0.4, 0.5) is 0 Å². The molecule has 6 heteroatoms. The summed E-state index contributed by atoms with van der Waals surface area (Å²) in [6, 6.07) is 0. The fourth-order valence-electron chi connectivity index (χ4n) is 4.61. The summed E-state index contributed by atoms with van der Waals surface area (Å²) in [5, 5.41) is 0. The standard InChI is InChI=1S/C22H28O6/c1-3-5-7-9-14-13(8-6-4-2)12-17-15(19(23)27-21(17)25)10-11-16-18(14)22(26)28-20(16)24/h13-14H,3-12H2,1-2H3/t13-,14-/m1/s1. The van der Waals surface area contributed by atoms with Gasteiger partial charge in [0.15, 0.2) is 0 Å². The van der Waals surface area contributed by atoms with Crippen LogP contribution in [-0.2, 0) is 28.7 Å². The quantitative estimate of drug-likeness (QED) is 0.373. The number of carbonyl (C=O) groups is 4. The summed E-state index contributed by atoms with van der Waals surface area (Å²) < 4.78 is 9.81. The highest BCUT2D eigenvalue weighted by Gasteiger charge is 2.44. The van der Waals surface area contributed by atoms with Gasteiger partial charge in [-0.25, -0.2) is 19.2 Å². The zero-order valence-electron chi connectivity index (χ0n) is 16.7. The van der Waals surface area contributed by atoms with Crippen LogP contribution in [0, 0.1) is 11.8 Å². The van der Waals surface area contributed by atoms with Crippen LogP contribution in [0.25, 0.3) is 0 Å². The van der Waals surface area contributed by atoms with Gasteiger partial charge in [-0.1, -0.05) is 46.0 Å². The topological polar surface area (TPSA) is 86.7 Å². The molecule has 6 nitrogen and oxygen atoms in total. The molecule has 2 atom stereocenters. The van der Waals surface area contributed by atoms with Gasteiger partial charge in [0.1, 0.15) is 0 Å². The Morgan fingerprint density at radius 2 is 1.32 bits per heavy atom. The first-order valence-electron chi connectivity index (χ1n) is 10.5. The molecule has 0 saturated heterocycles. The monoisotopic (exact) mass is 388 g/mol. The maximum Gasteiger partial charge on any atom is 0.342 e. The number of unbranched alkanes of at least 4 members (excludes halogenated alkanes) is 3. The smallest absolute Gasteiger partial charge is 0.342 e. The molecule has 0 aromatic carbocycles. The highest BCUT2D eigenvalue weighted by Crippen LogP contribution is 2.43. The van der Waals surface area contributed by atoms with Crippen molar-refractivity contribution >= 4 is 23.9 Å². The van der Waals surface area contributed by atoms with E-state index in [0.29, 0.717) is 28.7 Å². The van der Waals surface area contributed by atoms with Crippen molar-refractivity contribution in [3.05, 3.63) is 22.3 Å². The molecule has 28 heavy (non-hydrogen) atoms. The average Bonchev–Trinajstić information content (AvgIpc) is 3.10. The van der Waals surface area contributed by atoms with Gasteiger partial charge in [0.2, 0.25) is 0 Å². The maximum absolute atomic E-state index is 12.6. The molecule has 0 radical (unpaired) electrons. The second kappa shape index (κ2) is 8.84. The summed E-state index contributed by atoms with van der Waals surface area (Å²) in [5.41, 5.74) is 1.67. The number of rotatable bonds is 7. The summed E-state index contributed by atoms with van der Waals surface area (Å²) >= 11 is 0. The van der Waals surface area contributed by atoms with Gasteiger partial charge in [-0.2, -0.15) is 0 Å². The second-order valence-electron chi connectivity index (χ2n) is 7.91. The van der Waals surface area contributed by atoms with Crippen LogP contribution in [0.3, 0.4) is 0 Å². The minimum absolute atomic E-state index is 0.00167. The lowest BCUT2D eigenvalue weighted by atomic mass is 9.75. The molecule has 0 aromatic rings. The van der Waals surface area contributed by atoms with E-state index in [1.807, 2.05) is 0 Å². The fourth-order valence-corrected chi connectivity index (χ4v) is 4.61. The molecule has 0 N–H and O–H groups in total. The molecule has 2 aliphatic heterocycles. The lowest BCUT2D eigenvalue weighted by Crippen LogP contribution is -2.23. The molecule has 0 amide bonds. The second-order valence-corrected chi connectivity index (χ2v) is 7.91. The van der Waals surface area contributed by atoms with E-state index in [4.69, 9.17) is 9.47 Å². The third kappa shape index (κ3) is 3.96. The molecule has 0 spiro atoms. The number of carbonyl (C=O) groups excluding carboxylic acids is 4. The molecular formula is C22H28O6. The molecule has 2 heterocycles. The van der Waals surface area contributed by atoms with Crippen LogP contribution in [-0.4, -0.2) is 23.9 Å². The van der Waals surface area contributed by atoms with E-state index < -0.39 is 23.9 Å². The Labute approximate surface area is 165 Å². The van der Waals surface area contributed by atoms with Crippen molar-refractivity contribution in [1.82, 2.24) is 0 Å². The summed E-state index contributed by atoms with van der Waals surface area (Å²) in [5.74, 6) is -2.46. The summed E-state index contributed by atoms with van der Waals surface area (Å²) in [6.07, 6.45) is 7.43. The zero-order valence-corrected chi connectivity index (χ0v) is 16.7. The lowest BCUT2D eigenvalue weighted by molar-refractivity contribution is -0.153. The fraction of sp³-hybridized carbons (Fsp3) is 0.636. The zero-order chi connectivity index (χ0) is 20.3. The molecule has 0 saturated carbocycles. The normalized spacial score (nSPS) is 25.2. The van der Waals surface area contributed by atoms with E-state index in [2.05, 4.69) is 13.8 Å². The Kier molecular flexibility index (Phi) is 6.47. The number of hydrogen-bond donors (Lipinski definition) is 0. The first-order valence-corrected chi connectivity index (χ1v) is 10.5. The summed E-state index contributed by atoms with van der Waals surface area (Å²) in [4.78, 5) is 49.3. The summed E-state index contributed by atoms with van der Waals surface area (Å²) in [6.45, 7) is 4.21. The van der Waals surface area contributed by atoms with Crippen molar-refractivity contribution < 1.29 is 28.7 Å². The molecule has 0 aromatic heterocycles. The van der Waals surface area contributed by atoms with E-state index in [1.54, 1.807) is 0 Å². The molecular weight excluding hydrogens is 360 g/mol. The SMILES string of the molecule is CCCCC[C@H]1C2=C(CCC3=C(C[C@H]1CCCC)C(=O)OC3=O)C(=O)OC2=O. The summed E-state index contributed by atoms with van der Waals surface area (Å²) in [7, 11) is 0. The highest BCUT2D eigenvalue weighted by atomic mass is 16.6. The third-order valence-corrected chi connectivity index (χ3v) is 6.10. The van der Waals surface area contributed by atoms with Gasteiger partial charge in [-0.3, -0.25) is 0 Å². The largest absolute Gasteiger partial charge is 0.386 e. The Hall–Kier alpha value is -2.24. The Morgan fingerprint density at radius 1 is 0.714 bits per heavy atom. The van der Waals surface area contributed by atoms with E-state index in [9.17, 15) is 19.2 Å². The molecule has 152 valence electrons. The third-order valence-electron chi connectivity index (χ3n) is 6.10. The van der Waals surface area contributed by atoms with Crippen molar-refractivity contribution in [3.63, 3.8) is 0 Å². The van der Waals surface area contributed by atoms with Crippen LogP contribution in [0.5, 0.6) is 0 Å². The van der Waals surface area contributed by atoms with Crippen LogP contribution >= 0.6 is 0 Å². The van der Waals surface area contributed by atoms with Crippen molar-refractivity contribution in [2.45, 2.75) is 78.1 Å². The van der Waals surface area contributed by atoms with Crippen LogP contribution in [0.2, 0.25) is 0 Å². The van der Waals surface area contributed by atoms with Gasteiger partial charge in [0, 0.05) is 16.7 Å². The van der Waals surface area contributed by atoms with Crippen molar-refractivity contribution in [2.24, 2.45) is 11.8 Å². The van der Waals surface area contributed by atoms with Gasteiger partial charge < -0.3 is 9.47 Å². The van der Waals surface area contributed by atoms with Crippen LogP contribution in [0.1, 0.15) is 78.1 Å². The lowest BCUT2D eigenvalue weighted by Gasteiger charge is -2.27. The van der Waals surface area contributed by atoms with Crippen molar-refractivity contribution in [2.75, 3.05) is 0 Å². The van der Waals surface area contributed by atoms with E-state index in [0.717, 1.165) is 44.9 Å². The highest BCUT2D eigenvalue weighted by molar-refractivity contribution is 6.14. The average molecular weight is 388 g/mol. The van der Waals surface area contributed by atoms with Crippen LogP contribution < -0.4 is 0 Å². The maximum atomic E-state index is 12.6. The van der Waals surface area contributed by atoms with Crippen molar-refractivity contribution in [1.29, 1.82) is 0 Å². The minimum Gasteiger partial charge on any atom is -0.386 e. The van der Waals surface area contributed by atoms with Gasteiger partial charge in [-0.15, -0.1) is 0 Å². The Morgan fingerprint density at radius 3 is 2.04 bits per heavy atom. The number of cyclic esters (lactones) is 4. The number of esters is 4. The Bertz CT molecular complexity index is 757. The van der Waals surface area contributed by atoms with Gasteiger partial charge in [0.05, 0.1) is 5.57 Å². The molecule has 0 fully saturated rings. The van der Waals surface area contributed by atoms with Crippen molar-refractivity contribution in [3.8, 4) is 0 Å². The van der Waals surface area contributed by atoms with E-state index >= 15 is 0 Å². The van der Waals surface area contributed by atoms with Gasteiger partial charge >= 0.3 is 23.9 Å². The van der Waals surface area contributed by atoms with E-state index in [1.165, 1.54) is 0 Å². The first kappa shape index (κ1) is 20.5. The molecule has 3 aliphatic rings. The number of hydrogen-bond acceptors (Lipinski definition) is 6. The molecule has 1 aliphatic carbocycles. The molecule has 3 rings (SSSR count). The molecule has 0 bridgehead atoms. The first-order chi connectivity index (χ1) is 13.5. The number of ether oxygens (including phenoxy) is 2. The predicted molar refractivity (Wildman–Crippen MR) is 101 cm³/mol. The van der Waals surface area contributed by atoms with Crippen LogP contribution in [0.15, 0.2) is 22.3 Å². The van der Waals surface area contributed by atoms with Gasteiger partial charge in [0.25, 0.3) is 0 Å². The predicted octanol–water partition coefficient (Wildman–Crippen LogP) is 3.93. The van der Waals surface area contributed by atoms with E-state index in [-0.39, 0.29) is 24.7 Å². The Balaban J connectivity index is 2.04. The minimum atomic E-state index is -0.612. The molecule has 0 unspecified atom stereocenters.